The number of carbonyl (C=O) groups excluding carboxylic acids is 1. The van der Waals surface area contributed by atoms with Crippen molar-refractivity contribution in [2.75, 3.05) is 39.5 Å². The van der Waals surface area contributed by atoms with E-state index >= 15 is 0 Å². The molecule has 0 saturated carbocycles. The van der Waals surface area contributed by atoms with Gasteiger partial charge in [0.2, 0.25) is 10.0 Å². The summed E-state index contributed by atoms with van der Waals surface area (Å²) in [5.41, 5.74) is 3.18. The quantitative estimate of drug-likeness (QED) is 0.451. The average molecular weight is 475 g/mol. The first-order valence-electron chi connectivity index (χ1n) is 10.8. The van der Waals surface area contributed by atoms with Gasteiger partial charge >= 0.3 is 0 Å². The molecule has 1 aliphatic heterocycles. The van der Waals surface area contributed by atoms with E-state index in [9.17, 15) is 13.2 Å². The van der Waals surface area contributed by atoms with Crippen LogP contribution in [0.25, 0.3) is 17.0 Å². The lowest BCUT2D eigenvalue weighted by Crippen LogP contribution is -2.42. The fourth-order valence-electron chi connectivity index (χ4n) is 3.60. The molecule has 1 fully saturated rings. The van der Waals surface area contributed by atoms with Crippen LogP contribution in [0.5, 0.6) is 0 Å². The van der Waals surface area contributed by atoms with Gasteiger partial charge in [-0.1, -0.05) is 36.4 Å². The van der Waals surface area contributed by atoms with Crippen LogP contribution in [0.2, 0.25) is 0 Å². The van der Waals surface area contributed by atoms with E-state index in [0.717, 1.165) is 11.1 Å². The molecule has 0 radical (unpaired) electrons. The molecule has 1 aliphatic rings. The number of nitriles is 1. The Morgan fingerprint density at radius 2 is 1.56 bits per heavy atom. The van der Waals surface area contributed by atoms with E-state index in [0.29, 0.717) is 35.4 Å². The highest BCUT2D eigenvalue weighted by molar-refractivity contribution is 7.89. The van der Waals surface area contributed by atoms with Crippen LogP contribution in [0.15, 0.2) is 59.7 Å². The van der Waals surface area contributed by atoms with E-state index in [4.69, 9.17) is 11.8 Å². The van der Waals surface area contributed by atoms with Crippen LogP contribution in [0, 0.1) is 17.9 Å². The first kappa shape index (κ1) is 25.1. The van der Waals surface area contributed by atoms with Crippen LogP contribution in [-0.2, 0) is 14.8 Å². The molecule has 2 aromatic carbocycles. The fraction of sp³-hybridized carbons (Fsp3) is 0.269. The molecule has 0 amide bonds. The zero-order chi connectivity index (χ0) is 24.7. The molecule has 34 heavy (non-hydrogen) atoms. The van der Waals surface area contributed by atoms with E-state index in [-0.39, 0.29) is 24.6 Å². The summed E-state index contributed by atoms with van der Waals surface area (Å²) in [5, 5.41) is 9.01. The summed E-state index contributed by atoms with van der Waals surface area (Å²) in [6.45, 7) is 7.73. The summed E-state index contributed by atoms with van der Waals surface area (Å²) in [5.74, 6) is -0.213. The molecule has 0 bridgehead atoms. The highest BCUT2D eigenvalue weighted by atomic mass is 32.2. The third kappa shape index (κ3) is 6.49. The average Bonchev–Trinajstić information content (AvgIpc) is 2.82. The molecule has 0 aromatic heterocycles. The molecule has 174 valence electrons. The minimum absolute atomic E-state index is 0.00158. The largest absolute Gasteiger partial charge is 0.309 e. The maximum atomic E-state index is 13.3. The number of Topliss-reactive ketones (excluding diaryl/α,β-unsaturated/α-hetero) is 1. The minimum Gasteiger partial charge on any atom is -0.309 e. The van der Waals surface area contributed by atoms with E-state index in [1.54, 1.807) is 60.7 Å². The Balaban J connectivity index is 1.96. The van der Waals surface area contributed by atoms with Gasteiger partial charge in [0.15, 0.2) is 11.5 Å². The topological polar surface area (TPSA) is 85.8 Å². The van der Waals surface area contributed by atoms with Gasteiger partial charge in [0.1, 0.15) is 0 Å². The van der Waals surface area contributed by atoms with E-state index in [2.05, 4.69) is 10.9 Å². The molecule has 1 heterocycles. The highest BCUT2D eigenvalue weighted by Crippen LogP contribution is 2.25. The van der Waals surface area contributed by atoms with Crippen LogP contribution in [0.3, 0.4) is 0 Å². The smallest absolute Gasteiger partial charge is 0.214 e. The van der Waals surface area contributed by atoms with Crippen LogP contribution in [0.4, 0.5) is 5.69 Å². The predicted molar refractivity (Wildman–Crippen MR) is 133 cm³/mol. The number of nitrogens with zero attached hydrogens (tertiary/aromatic N) is 4. The van der Waals surface area contributed by atoms with Gasteiger partial charge in [0.25, 0.3) is 0 Å². The molecular formula is C26H26N4O3S. The zero-order valence-electron chi connectivity index (χ0n) is 19.2. The maximum Gasteiger partial charge on any atom is 0.214 e. The van der Waals surface area contributed by atoms with Crippen molar-refractivity contribution in [1.82, 2.24) is 9.21 Å². The standard InChI is InChI=1S/C26H26N4O3S/c1-28-25-11-9-21(10-12-25)16-24-19-30(34(32,33)14-4-13-29(2)3)18-23(26(24)31)15-20-5-7-22(17-27)8-6-20/h5-12,15-16H,4,13-14,18-19H2,2-3H3/b23-15-,24-16+. The first-order valence-corrected chi connectivity index (χ1v) is 12.4. The molecule has 1 saturated heterocycles. The van der Waals surface area contributed by atoms with Crippen LogP contribution < -0.4 is 0 Å². The van der Waals surface area contributed by atoms with Gasteiger partial charge in [-0.15, -0.1) is 0 Å². The Hall–Kier alpha value is -3.56. The molecule has 0 unspecified atom stereocenters. The molecule has 0 atom stereocenters. The first-order chi connectivity index (χ1) is 16.2. The molecule has 0 N–H and O–H groups in total. The van der Waals surface area contributed by atoms with Gasteiger partial charge in [-0.3, -0.25) is 4.79 Å². The van der Waals surface area contributed by atoms with Gasteiger partial charge in [0, 0.05) is 24.2 Å². The Labute approximate surface area is 201 Å². The van der Waals surface area contributed by atoms with Crippen molar-refractivity contribution in [2.45, 2.75) is 6.42 Å². The number of rotatable bonds is 7. The van der Waals surface area contributed by atoms with Crippen molar-refractivity contribution in [1.29, 1.82) is 5.26 Å². The Morgan fingerprint density at radius 3 is 2.03 bits per heavy atom. The minimum atomic E-state index is -3.58. The Bertz CT molecular complexity index is 1210. The molecule has 2 aromatic rings. The number of carbonyl (C=O) groups is 1. The summed E-state index contributed by atoms with van der Waals surface area (Å²) < 4.78 is 27.6. The SMILES string of the molecule is [C-]#[N+]c1ccc(/C=C2\CN(S(=O)(=O)CCCN(C)C)C/C(=C/c3ccc(C#N)cc3)C2=O)cc1. The monoisotopic (exact) mass is 474 g/mol. The van der Waals surface area contributed by atoms with Gasteiger partial charge in [0.05, 0.1) is 24.0 Å². The second kappa shape index (κ2) is 11.0. The van der Waals surface area contributed by atoms with Crippen molar-refractivity contribution < 1.29 is 13.2 Å². The third-order valence-corrected chi connectivity index (χ3v) is 7.27. The van der Waals surface area contributed by atoms with Crippen LogP contribution in [-0.4, -0.2) is 62.9 Å². The van der Waals surface area contributed by atoms with Crippen molar-refractivity contribution in [2.24, 2.45) is 0 Å². The third-order valence-electron chi connectivity index (χ3n) is 5.42. The molecule has 8 heteroatoms. The zero-order valence-corrected chi connectivity index (χ0v) is 20.0. The maximum absolute atomic E-state index is 13.3. The normalized spacial score (nSPS) is 17.1. The summed E-state index contributed by atoms with van der Waals surface area (Å²) in [7, 11) is 0.203. The Kier molecular flexibility index (Phi) is 8.14. The van der Waals surface area contributed by atoms with Crippen molar-refractivity contribution in [3.8, 4) is 6.07 Å². The van der Waals surface area contributed by atoms with E-state index < -0.39 is 10.0 Å². The van der Waals surface area contributed by atoms with Crippen molar-refractivity contribution in [3.05, 3.63) is 87.8 Å². The lowest BCUT2D eigenvalue weighted by Gasteiger charge is -2.29. The summed E-state index contributed by atoms with van der Waals surface area (Å²) in [4.78, 5) is 18.6. The second-order valence-electron chi connectivity index (χ2n) is 8.35. The second-order valence-corrected chi connectivity index (χ2v) is 10.4. The summed E-state index contributed by atoms with van der Waals surface area (Å²) in [6, 6.07) is 15.6. The molecule has 0 aliphatic carbocycles. The van der Waals surface area contributed by atoms with Gasteiger partial charge < -0.3 is 4.90 Å². The number of ketones is 1. The Morgan fingerprint density at radius 1 is 1.03 bits per heavy atom. The number of hydrogen-bond donors (Lipinski definition) is 0. The van der Waals surface area contributed by atoms with E-state index in [1.165, 1.54) is 4.31 Å². The van der Waals surface area contributed by atoms with Crippen molar-refractivity contribution in [3.63, 3.8) is 0 Å². The van der Waals surface area contributed by atoms with E-state index in [1.807, 2.05) is 19.0 Å². The summed E-state index contributed by atoms with van der Waals surface area (Å²) >= 11 is 0. The number of hydrogen-bond acceptors (Lipinski definition) is 5. The molecular weight excluding hydrogens is 448 g/mol. The van der Waals surface area contributed by atoms with Gasteiger partial charge in [-0.2, -0.15) is 9.57 Å². The van der Waals surface area contributed by atoms with Gasteiger partial charge in [-0.25, -0.2) is 13.3 Å². The lowest BCUT2D eigenvalue weighted by molar-refractivity contribution is -0.113. The van der Waals surface area contributed by atoms with Crippen LogP contribution in [0.1, 0.15) is 23.1 Å². The fourth-order valence-corrected chi connectivity index (χ4v) is 5.02. The lowest BCUT2D eigenvalue weighted by atomic mass is 9.95. The molecule has 3 rings (SSSR count). The van der Waals surface area contributed by atoms with Crippen LogP contribution >= 0.6 is 0 Å². The number of benzene rings is 2. The van der Waals surface area contributed by atoms with Crippen molar-refractivity contribution >= 4 is 33.6 Å². The van der Waals surface area contributed by atoms with Gasteiger partial charge in [-0.05, 0) is 62.5 Å². The number of sulfonamides is 1. The predicted octanol–water partition coefficient (Wildman–Crippen LogP) is 3.74. The summed E-state index contributed by atoms with van der Waals surface area (Å²) in [6.07, 6.45) is 3.86. The number of piperidine rings is 1. The molecule has 7 nitrogen and oxygen atoms in total. The molecule has 0 spiro atoms. The highest BCUT2D eigenvalue weighted by Gasteiger charge is 2.33.